The minimum absolute atomic E-state index is 0.0972. The molecule has 1 heterocycles. The van der Waals surface area contributed by atoms with Crippen LogP contribution in [0, 0.1) is 28.6 Å². The molecule has 4 saturated carbocycles. The van der Waals surface area contributed by atoms with Crippen LogP contribution in [-0.2, 0) is 14.3 Å². The molecule has 4 aliphatic carbocycles. The Morgan fingerprint density at radius 3 is 2.62 bits per heavy atom. The van der Waals surface area contributed by atoms with Gasteiger partial charge in [-0.3, -0.25) is 4.79 Å². The zero-order chi connectivity index (χ0) is 16.7. The van der Waals surface area contributed by atoms with E-state index in [2.05, 4.69) is 13.8 Å². The predicted molar refractivity (Wildman–Crippen MR) is 91.4 cm³/mol. The summed E-state index contributed by atoms with van der Waals surface area (Å²) in [6.07, 6.45) is 12.2. The van der Waals surface area contributed by atoms with Gasteiger partial charge >= 0.3 is 5.97 Å². The molecule has 8 atom stereocenters. The van der Waals surface area contributed by atoms with Gasteiger partial charge in [0.1, 0.15) is 11.7 Å². The van der Waals surface area contributed by atoms with Crippen LogP contribution in [0.1, 0.15) is 78.6 Å². The van der Waals surface area contributed by atoms with Crippen LogP contribution >= 0.6 is 0 Å². The maximum atomic E-state index is 11.5. The second-order valence-corrected chi connectivity index (χ2v) is 9.94. The molecule has 5 fully saturated rings. The van der Waals surface area contributed by atoms with Crippen molar-refractivity contribution < 1.29 is 14.3 Å². The number of esters is 1. The number of epoxide rings is 1. The molecule has 24 heavy (non-hydrogen) atoms. The molecule has 1 aliphatic heterocycles. The first-order chi connectivity index (χ1) is 11.4. The van der Waals surface area contributed by atoms with Gasteiger partial charge < -0.3 is 9.47 Å². The van der Waals surface area contributed by atoms with E-state index in [-0.39, 0.29) is 23.1 Å². The quantitative estimate of drug-likeness (QED) is 0.525. The van der Waals surface area contributed by atoms with Gasteiger partial charge in [0.05, 0.1) is 6.10 Å². The van der Waals surface area contributed by atoms with Crippen molar-refractivity contribution in [2.24, 2.45) is 28.6 Å². The van der Waals surface area contributed by atoms with Gasteiger partial charge in [0.2, 0.25) is 0 Å². The molecule has 1 spiro atoms. The summed E-state index contributed by atoms with van der Waals surface area (Å²) in [5.74, 6) is 2.29. The molecule has 0 unspecified atom stereocenters. The first-order valence-electron chi connectivity index (χ1n) is 10.3. The molecule has 0 bridgehead atoms. The molecular weight excluding hydrogens is 300 g/mol. The standard InChI is InChI=1S/C21H32O3/c1-13(22)23-17-7-6-15-14-8-12-21-18(24-21)5-4-10-20(21,3)16(14)9-11-19(15,17)2/h14-18H,4-12H2,1-3H3/t14-,15-,16-,17-,18-,19-,20+,21-/m0/s1. The van der Waals surface area contributed by atoms with E-state index in [9.17, 15) is 4.79 Å². The molecule has 1 saturated heterocycles. The minimum atomic E-state index is -0.0972. The van der Waals surface area contributed by atoms with E-state index in [1.165, 1.54) is 51.4 Å². The predicted octanol–water partition coefficient (Wildman–Crippen LogP) is 4.48. The van der Waals surface area contributed by atoms with Gasteiger partial charge in [-0.05, 0) is 69.1 Å². The number of rotatable bonds is 1. The van der Waals surface area contributed by atoms with Gasteiger partial charge in [0.15, 0.2) is 0 Å². The summed E-state index contributed by atoms with van der Waals surface area (Å²) in [6.45, 7) is 6.54. The number of carbonyl (C=O) groups excluding carboxylic acids is 1. The molecule has 0 aromatic carbocycles. The Bertz CT molecular complexity index is 573. The maximum absolute atomic E-state index is 11.5. The Kier molecular flexibility index (Phi) is 3.12. The van der Waals surface area contributed by atoms with Crippen molar-refractivity contribution in [2.75, 3.05) is 0 Å². The normalized spacial score (nSPS) is 58.0. The fourth-order valence-corrected chi connectivity index (χ4v) is 8.09. The van der Waals surface area contributed by atoms with Gasteiger partial charge in [0, 0.05) is 17.8 Å². The third-order valence-electron chi connectivity index (χ3n) is 9.27. The number of hydrogen-bond donors (Lipinski definition) is 0. The Balaban J connectivity index is 1.44. The van der Waals surface area contributed by atoms with E-state index in [0.717, 1.165) is 24.2 Å². The molecule has 0 amide bonds. The van der Waals surface area contributed by atoms with Crippen LogP contribution in [0.15, 0.2) is 0 Å². The van der Waals surface area contributed by atoms with Crippen LogP contribution in [-0.4, -0.2) is 23.8 Å². The van der Waals surface area contributed by atoms with E-state index in [1.54, 1.807) is 6.92 Å². The highest BCUT2D eigenvalue weighted by Crippen LogP contribution is 2.72. The first-order valence-corrected chi connectivity index (χ1v) is 10.3. The number of fused-ring (bicyclic) bond motifs is 4. The zero-order valence-electron chi connectivity index (χ0n) is 15.5. The molecule has 3 heteroatoms. The Labute approximate surface area is 145 Å². The third kappa shape index (κ3) is 1.75. The summed E-state index contributed by atoms with van der Waals surface area (Å²) < 4.78 is 12.1. The Morgan fingerprint density at radius 2 is 1.83 bits per heavy atom. The summed E-state index contributed by atoms with van der Waals surface area (Å²) in [6, 6.07) is 0. The average Bonchev–Trinajstić information content (AvgIpc) is 3.17. The van der Waals surface area contributed by atoms with Crippen molar-refractivity contribution in [1.82, 2.24) is 0 Å². The molecule has 134 valence electrons. The van der Waals surface area contributed by atoms with Gasteiger partial charge in [-0.1, -0.05) is 20.3 Å². The van der Waals surface area contributed by atoms with E-state index in [0.29, 0.717) is 11.5 Å². The lowest BCUT2D eigenvalue weighted by atomic mass is 9.45. The summed E-state index contributed by atoms with van der Waals surface area (Å²) in [5, 5.41) is 0. The van der Waals surface area contributed by atoms with Gasteiger partial charge in [-0.25, -0.2) is 0 Å². The molecule has 5 aliphatic rings. The largest absolute Gasteiger partial charge is 0.462 e. The number of ether oxygens (including phenoxy) is 2. The van der Waals surface area contributed by atoms with Gasteiger partial charge in [-0.2, -0.15) is 0 Å². The van der Waals surface area contributed by atoms with E-state index in [4.69, 9.17) is 9.47 Å². The van der Waals surface area contributed by atoms with Crippen molar-refractivity contribution in [1.29, 1.82) is 0 Å². The smallest absolute Gasteiger partial charge is 0.302 e. The van der Waals surface area contributed by atoms with E-state index < -0.39 is 0 Å². The van der Waals surface area contributed by atoms with E-state index in [1.807, 2.05) is 0 Å². The van der Waals surface area contributed by atoms with Crippen molar-refractivity contribution in [3.8, 4) is 0 Å². The fourth-order valence-electron chi connectivity index (χ4n) is 8.09. The molecule has 0 aromatic heterocycles. The monoisotopic (exact) mass is 332 g/mol. The highest BCUT2D eigenvalue weighted by Gasteiger charge is 2.74. The maximum Gasteiger partial charge on any atom is 0.302 e. The zero-order valence-corrected chi connectivity index (χ0v) is 15.5. The lowest BCUT2D eigenvalue weighted by Gasteiger charge is -2.59. The lowest BCUT2D eigenvalue weighted by Crippen LogP contribution is -2.57. The molecule has 3 nitrogen and oxygen atoms in total. The number of hydrogen-bond acceptors (Lipinski definition) is 3. The second-order valence-electron chi connectivity index (χ2n) is 9.94. The Morgan fingerprint density at radius 1 is 1.00 bits per heavy atom. The highest BCUT2D eigenvalue weighted by molar-refractivity contribution is 5.66. The van der Waals surface area contributed by atoms with Gasteiger partial charge in [-0.15, -0.1) is 0 Å². The molecule has 5 rings (SSSR count). The highest BCUT2D eigenvalue weighted by atomic mass is 16.6. The summed E-state index contributed by atoms with van der Waals surface area (Å²) >= 11 is 0. The molecule has 0 aromatic rings. The average molecular weight is 332 g/mol. The first kappa shape index (κ1) is 15.7. The lowest BCUT2D eigenvalue weighted by molar-refractivity contribution is -0.161. The van der Waals surface area contributed by atoms with Crippen LogP contribution in [0.25, 0.3) is 0 Å². The van der Waals surface area contributed by atoms with Crippen molar-refractivity contribution in [3.63, 3.8) is 0 Å². The second kappa shape index (κ2) is 4.78. The van der Waals surface area contributed by atoms with Crippen LogP contribution in [0.5, 0.6) is 0 Å². The summed E-state index contributed by atoms with van der Waals surface area (Å²) in [4.78, 5) is 11.5. The minimum Gasteiger partial charge on any atom is -0.462 e. The third-order valence-corrected chi connectivity index (χ3v) is 9.27. The van der Waals surface area contributed by atoms with Crippen LogP contribution < -0.4 is 0 Å². The summed E-state index contributed by atoms with van der Waals surface area (Å²) in [7, 11) is 0. The van der Waals surface area contributed by atoms with Crippen molar-refractivity contribution in [2.45, 2.75) is 96.4 Å². The van der Waals surface area contributed by atoms with Crippen LogP contribution in [0.2, 0.25) is 0 Å². The van der Waals surface area contributed by atoms with E-state index >= 15 is 0 Å². The fraction of sp³-hybridized carbons (Fsp3) is 0.952. The number of carbonyl (C=O) groups is 1. The SMILES string of the molecule is CC(=O)O[C@H]1CC[C@H]2[C@@H]3CC[C@]45O[C@H]4CCC[C@]5(C)[C@H]3CC[C@]12C. The van der Waals surface area contributed by atoms with Crippen molar-refractivity contribution >= 4 is 5.97 Å². The molecular formula is C21H32O3. The van der Waals surface area contributed by atoms with Crippen LogP contribution in [0.4, 0.5) is 0 Å². The molecule has 0 radical (unpaired) electrons. The van der Waals surface area contributed by atoms with Crippen LogP contribution in [0.3, 0.4) is 0 Å². The Hall–Kier alpha value is -0.570. The summed E-state index contributed by atoms with van der Waals surface area (Å²) in [5.41, 5.74) is 0.861. The topological polar surface area (TPSA) is 38.8 Å². The molecule has 0 N–H and O–H groups in total. The van der Waals surface area contributed by atoms with Gasteiger partial charge in [0.25, 0.3) is 0 Å². The van der Waals surface area contributed by atoms with Crippen molar-refractivity contribution in [3.05, 3.63) is 0 Å².